The number of aromatic nitrogens is 1. The van der Waals surface area contributed by atoms with Gasteiger partial charge in [0.05, 0.1) is 16.6 Å². The summed E-state index contributed by atoms with van der Waals surface area (Å²) in [5.41, 5.74) is 11.4. The fraction of sp³-hybridized carbons (Fsp3) is 0.250. The lowest BCUT2D eigenvalue weighted by Gasteiger charge is -2.18. The standard InChI is InChI=1S/C24H25F3N6O2/c25-24(26,27)18-9-7-15(8-10-18)13-32-22(35)20(6-3-11-30-23(28)29)33-21(34)17-12-16-4-1-2-5-19(16)31-14-17/h1-2,4-5,7-10,12,14,20H,3,6,11,13H2,(H,32,35)(H,33,34)(H4,28,29,30)/t20-/m1/s1. The molecule has 3 rings (SSSR count). The van der Waals surface area contributed by atoms with Crippen LogP contribution < -0.4 is 22.1 Å². The van der Waals surface area contributed by atoms with E-state index in [0.717, 1.165) is 23.0 Å². The number of rotatable bonds is 9. The highest BCUT2D eigenvalue weighted by Gasteiger charge is 2.30. The number of guanidine groups is 1. The van der Waals surface area contributed by atoms with E-state index in [1.165, 1.54) is 18.3 Å². The van der Waals surface area contributed by atoms with Gasteiger partial charge in [0.2, 0.25) is 5.91 Å². The maximum absolute atomic E-state index is 12.8. The number of carbonyl (C=O) groups excluding carboxylic acids is 2. The Kier molecular flexibility index (Phi) is 8.24. The first-order valence-electron chi connectivity index (χ1n) is 10.8. The fourth-order valence-electron chi connectivity index (χ4n) is 3.33. The number of carbonyl (C=O) groups is 2. The summed E-state index contributed by atoms with van der Waals surface area (Å²) in [4.78, 5) is 33.8. The van der Waals surface area contributed by atoms with Gasteiger partial charge in [0.1, 0.15) is 6.04 Å². The zero-order valence-electron chi connectivity index (χ0n) is 18.7. The van der Waals surface area contributed by atoms with E-state index in [2.05, 4.69) is 20.6 Å². The van der Waals surface area contributed by atoms with Gasteiger partial charge in [0.25, 0.3) is 5.91 Å². The predicted octanol–water partition coefficient (Wildman–Crippen LogP) is 2.72. The topological polar surface area (TPSA) is 135 Å². The number of para-hydroxylation sites is 1. The molecule has 2 amide bonds. The molecule has 35 heavy (non-hydrogen) atoms. The number of nitrogens with two attached hydrogens (primary N) is 2. The van der Waals surface area contributed by atoms with Crippen LogP contribution >= 0.6 is 0 Å². The van der Waals surface area contributed by atoms with E-state index >= 15 is 0 Å². The Hall–Kier alpha value is -4.15. The van der Waals surface area contributed by atoms with E-state index in [0.29, 0.717) is 12.0 Å². The molecule has 0 spiro atoms. The molecule has 0 aliphatic rings. The minimum absolute atomic E-state index is 0.00519. The van der Waals surface area contributed by atoms with Gasteiger partial charge in [-0.2, -0.15) is 13.2 Å². The molecule has 8 nitrogen and oxygen atoms in total. The van der Waals surface area contributed by atoms with Gasteiger partial charge in [0, 0.05) is 24.7 Å². The second-order valence-electron chi connectivity index (χ2n) is 7.80. The summed E-state index contributed by atoms with van der Waals surface area (Å²) < 4.78 is 38.2. The summed E-state index contributed by atoms with van der Waals surface area (Å²) in [5.74, 6) is -1.06. The molecule has 0 unspecified atom stereocenters. The number of amides is 2. The molecule has 184 valence electrons. The summed E-state index contributed by atoms with van der Waals surface area (Å²) >= 11 is 0. The molecular formula is C24H25F3N6O2. The molecule has 0 radical (unpaired) electrons. The first kappa shape index (κ1) is 25.5. The molecule has 6 N–H and O–H groups in total. The number of aliphatic imine (C=N–C) groups is 1. The average molecular weight is 486 g/mol. The van der Waals surface area contributed by atoms with Crippen molar-refractivity contribution in [2.24, 2.45) is 16.5 Å². The van der Waals surface area contributed by atoms with Gasteiger partial charge in [-0.3, -0.25) is 19.6 Å². The third-order valence-electron chi connectivity index (χ3n) is 5.17. The Labute approximate surface area is 199 Å². The number of nitrogens with zero attached hydrogens (tertiary/aromatic N) is 2. The van der Waals surface area contributed by atoms with Crippen LogP contribution in [0.25, 0.3) is 10.9 Å². The number of hydrogen-bond donors (Lipinski definition) is 4. The zero-order valence-corrected chi connectivity index (χ0v) is 18.7. The highest BCUT2D eigenvalue weighted by molar-refractivity contribution is 5.99. The van der Waals surface area contributed by atoms with E-state index in [4.69, 9.17) is 11.5 Å². The number of nitrogens with one attached hydrogen (secondary N) is 2. The first-order chi connectivity index (χ1) is 16.6. The Balaban J connectivity index is 1.68. The number of halogens is 3. The Bertz CT molecular complexity index is 1210. The summed E-state index contributed by atoms with van der Waals surface area (Å²) in [6, 6.07) is 12.5. The van der Waals surface area contributed by atoms with Crippen molar-refractivity contribution in [3.05, 3.63) is 77.5 Å². The van der Waals surface area contributed by atoms with Crippen molar-refractivity contribution < 1.29 is 22.8 Å². The van der Waals surface area contributed by atoms with Crippen LogP contribution in [0.5, 0.6) is 0 Å². The summed E-state index contributed by atoms with van der Waals surface area (Å²) in [5, 5.41) is 6.13. The van der Waals surface area contributed by atoms with Crippen molar-refractivity contribution in [1.29, 1.82) is 0 Å². The highest BCUT2D eigenvalue weighted by Crippen LogP contribution is 2.29. The van der Waals surface area contributed by atoms with Crippen LogP contribution in [-0.2, 0) is 17.5 Å². The van der Waals surface area contributed by atoms with Crippen molar-refractivity contribution in [3.8, 4) is 0 Å². The number of benzene rings is 2. The highest BCUT2D eigenvalue weighted by atomic mass is 19.4. The maximum Gasteiger partial charge on any atom is 0.416 e. The van der Waals surface area contributed by atoms with Gasteiger partial charge in [-0.05, 0) is 42.7 Å². The van der Waals surface area contributed by atoms with Gasteiger partial charge in [-0.15, -0.1) is 0 Å². The Morgan fingerprint density at radius 1 is 1.06 bits per heavy atom. The third-order valence-corrected chi connectivity index (χ3v) is 5.17. The number of pyridine rings is 1. The fourth-order valence-corrected chi connectivity index (χ4v) is 3.33. The van der Waals surface area contributed by atoms with E-state index in [1.807, 2.05) is 24.3 Å². The third kappa shape index (κ3) is 7.42. The molecule has 1 atom stereocenters. The lowest BCUT2D eigenvalue weighted by Crippen LogP contribution is -2.46. The lowest BCUT2D eigenvalue weighted by molar-refractivity contribution is -0.137. The predicted molar refractivity (Wildman–Crippen MR) is 126 cm³/mol. The van der Waals surface area contributed by atoms with E-state index in [9.17, 15) is 22.8 Å². The quantitative estimate of drug-likeness (QED) is 0.210. The number of fused-ring (bicyclic) bond motifs is 1. The van der Waals surface area contributed by atoms with Crippen LogP contribution in [-0.4, -0.2) is 35.3 Å². The zero-order chi connectivity index (χ0) is 25.4. The van der Waals surface area contributed by atoms with Crippen LogP contribution in [0, 0.1) is 0 Å². The SMILES string of the molecule is NC(N)=NCCC[C@@H](NC(=O)c1cnc2ccccc2c1)C(=O)NCc1ccc(C(F)(F)F)cc1. The molecule has 0 bridgehead atoms. The molecule has 0 saturated carbocycles. The van der Waals surface area contributed by atoms with Gasteiger partial charge < -0.3 is 22.1 Å². The van der Waals surface area contributed by atoms with Crippen LogP contribution in [0.3, 0.4) is 0 Å². The number of alkyl halides is 3. The number of hydrogen-bond acceptors (Lipinski definition) is 4. The molecule has 1 aromatic heterocycles. The largest absolute Gasteiger partial charge is 0.416 e. The van der Waals surface area contributed by atoms with E-state index < -0.39 is 29.6 Å². The smallest absolute Gasteiger partial charge is 0.370 e. The first-order valence-corrected chi connectivity index (χ1v) is 10.8. The molecule has 11 heteroatoms. The molecule has 0 saturated heterocycles. The molecule has 2 aromatic carbocycles. The van der Waals surface area contributed by atoms with Crippen molar-refractivity contribution in [2.45, 2.75) is 31.6 Å². The van der Waals surface area contributed by atoms with Crippen molar-refractivity contribution in [1.82, 2.24) is 15.6 Å². The Morgan fingerprint density at radius 2 is 1.77 bits per heavy atom. The Morgan fingerprint density at radius 3 is 2.46 bits per heavy atom. The lowest BCUT2D eigenvalue weighted by atomic mass is 10.1. The van der Waals surface area contributed by atoms with E-state index in [-0.39, 0.29) is 31.0 Å². The van der Waals surface area contributed by atoms with Crippen molar-refractivity contribution >= 4 is 28.7 Å². The van der Waals surface area contributed by atoms with Crippen LogP contribution in [0.4, 0.5) is 13.2 Å². The van der Waals surface area contributed by atoms with Crippen LogP contribution in [0.2, 0.25) is 0 Å². The second-order valence-corrected chi connectivity index (χ2v) is 7.80. The molecule has 0 aliphatic carbocycles. The molecular weight excluding hydrogens is 461 g/mol. The van der Waals surface area contributed by atoms with E-state index in [1.54, 1.807) is 6.07 Å². The van der Waals surface area contributed by atoms with Gasteiger partial charge in [0.15, 0.2) is 5.96 Å². The van der Waals surface area contributed by atoms with Gasteiger partial charge >= 0.3 is 6.18 Å². The van der Waals surface area contributed by atoms with Crippen molar-refractivity contribution in [2.75, 3.05) is 6.54 Å². The normalized spacial score (nSPS) is 12.1. The van der Waals surface area contributed by atoms with Gasteiger partial charge in [-0.1, -0.05) is 30.3 Å². The molecule has 0 aliphatic heterocycles. The minimum Gasteiger partial charge on any atom is -0.370 e. The summed E-state index contributed by atoms with van der Waals surface area (Å²) in [7, 11) is 0. The monoisotopic (exact) mass is 486 g/mol. The van der Waals surface area contributed by atoms with Crippen molar-refractivity contribution in [3.63, 3.8) is 0 Å². The summed E-state index contributed by atoms with van der Waals surface area (Å²) in [6.45, 7) is 0.257. The summed E-state index contributed by atoms with van der Waals surface area (Å²) in [6.07, 6.45) is -2.37. The molecule has 0 fully saturated rings. The molecule has 1 heterocycles. The maximum atomic E-state index is 12.8. The second kappa shape index (κ2) is 11.3. The average Bonchev–Trinajstić information content (AvgIpc) is 2.83. The molecule has 3 aromatic rings. The minimum atomic E-state index is -4.44. The van der Waals surface area contributed by atoms with Gasteiger partial charge in [-0.25, -0.2) is 0 Å². The van der Waals surface area contributed by atoms with Crippen LogP contribution in [0.1, 0.15) is 34.3 Å². The van der Waals surface area contributed by atoms with Crippen LogP contribution in [0.15, 0.2) is 65.8 Å².